The molecule has 0 spiro atoms. The van der Waals surface area contributed by atoms with Gasteiger partial charge in [-0.1, -0.05) is 24.3 Å². The molecule has 2 aromatic rings. The van der Waals surface area contributed by atoms with Crippen LogP contribution in [0.3, 0.4) is 0 Å². The summed E-state index contributed by atoms with van der Waals surface area (Å²) < 4.78 is 43.5. The first kappa shape index (κ1) is 20.2. The Balaban J connectivity index is 1.84. The molecule has 0 bridgehead atoms. The lowest BCUT2D eigenvalue weighted by Crippen LogP contribution is -2.45. The smallest absolute Gasteiger partial charge is 0.416 e. The molecule has 3 N–H and O–H groups in total. The Morgan fingerprint density at radius 3 is 2.36 bits per heavy atom. The quantitative estimate of drug-likeness (QED) is 0.744. The summed E-state index contributed by atoms with van der Waals surface area (Å²) in [6.45, 7) is 0. The topological polar surface area (TPSA) is 78.8 Å². The monoisotopic (exact) mass is 395 g/mol. The molecule has 1 aliphatic carbocycles. The fraction of sp³-hybridized carbons (Fsp3) is 0.350. The van der Waals surface area contributed by atoms with Gasteiger partial charge in [-0.2, -0.15) is 13.2 Å². The van der Waals surface area contributed by atoms with Gasteiger partial charge in [0.05, 0.1) is 30.4 Å². The lowest BCUT2D eigenvalue weighted by atomic mass is 9.92. The third-order valence-electron chi connectivity index (χ3n) is 5.01. The van der Waals surface area contributed by atoms with Crippen molar-refractivity contribution >= 4 is 5.91 Å². The number of benzene rings is 2. The van der Waals surface area contributed by atoms with Crippen LogP contribution in [0.1, 0.15) is 33.8 Å². The number of methoxy groups -OCH3 is 1. The number of amides is 1. The highest BCUT2D eigenvalue weighted by molar-refractivity contribution is 5.97. The van der Waals surface area contributed by atoms with Crippen LogP contribution in [0.15, 0.2) is 48.5 Å². The van der Waals surface area contributed by atoms with Crippen molar-refractivity contribution in [3.05, 3.63) is 65.2 Å². The summed E-state index contributed by atoms with van der Waals surface area (Å²) in [5, 5.41) is 23.1. The molecule has 1 amide bonds. The molecule has 0 aliphatic heterocycles. The van der Waals surface area contributed by atoms with Crippen molar-refractivity contribution in [2.75, 3.05) is 7.11 Å². The van der Waals surface area contributed by atoms with Crippen molar-refractivity contribution in [3.63, 3.8) is 0 Å². The number of nitrogens with one attached hydrogen (secondary N) is 1. The van der Waals surface area contributed by atoms with E-state index in [9.17, 15) is 28.2 Å². The molecular weight excluding hydrogens is 375 g/mol. The van der Waals surface area contributed by atoms with Crippen LogP contribution in [0, 0.1) is 0 Å². The first-order valence-corrected chi connectivity index (χ1v) is 8.69. The van der Waals surface area contributed by atoms with Crippen molar-refractivity contribution < 1.29 is 32.9 Å². The number of hydrogen-bond donors (Lipinski definition) is 3. The van der Waals surface area contributed by atoms with E-state index >= 15 is 0 Å². The molecular formula is C20H20F3NO4. The van der Waals surface area contributed by atoms with E-state index in [0.29, 0.717) is 11.3 Å². The highest BCUT2D eigenvalue weighted by Crippen LogP contribution is 2.37. The minimum absolute atomic E-state index is 0.114. The second-order valence-electron chi connectivity index (χ2n) is 6.72. The molecule has 1 aliphatic rings. The Hall–Kier alpha value is -2.58. The first-order valence-electron chi connectivity index (χ1n) is 8.69. The summed E-state index contributed by atoms with van der Waals surface area (Å²) in [5.41, 5.74) is -0.0383. The van der Waals surface area contributed by atoms with E-state index < -0.39 is 41.8 Å². The summed E-state index contributed by atoms with van der Waals surface area (Å²) >= 11 is 0. The lowest BCUT2D eigenvalue weighted by Gasteiger charge is -2.24. The van der Waals surface area contributed by atoms with Crippen LogP contribution in [0.2, 0.25) is 0 Å². The van der Waals surface area contributed by atoms with Crippen LogP contribution < -0.4 is 10.1 Å². The molecule has 0 saturated heterocycles. The SMILES string of the molecule is COc1ccccc1C(=O)NC1C(c2ccc(C(F)(F)F)cc2)CC(O)C1O. The van der Waals surface area contributed by atoms with Gasteiger partial charge in [-0.15, -0.1) is 0 Å². The maximum absolute atomic E-state index is 12.8. The van der Waals surface area contributed by atoms with E-state index in [1.807, 2.05) is 0 Å². The molecule has 4 unspecified atom stereocenters. The van der Waals surface area contributed by atoms with Crippen LogP contribution in [0.5, 0.6) is 5.75 Å². The standard InChI is InChI=1S/C20H20F3NO4/c1-28-16-5-3-2-4-13(16)19(27)24-17-14(10-15(25)18(17)26)11-6-8-12(9-7-11)20(21,22)23/h2-9,14-15,17-18,25-26H,10H2,1H3,(H,24,27). The first-order chi connectivity index (χ1) is 13.2. The summed E-state index contributed by atoms with van der Waals surface area (Å²) in [7, 11) is 1.42. The zero-order valence-electron chi connectivity index (χ0n) is 15.0. The highest BCUT2D eigenvalue weighted by atomic mass is 19.4. The number of carbonyl (C=O) groups excluding carboxylic acids is 1. The number of aliphatic hydroxyl groups excluding tert-OH is 2. The molecule has 5 nitrogen and oxygen atoms in total. The minimum atomic E-state index is -4.45. The van der Waals surface area contributed by atoms with Crippen molar-refractivity contribution in [3.8, 4) is 5.75 Å². The third kappa shape index (κ3) is 3.98. The summed E-state index contributed by atoms with van der Waals surface area (Å²) in [4.78, 5) is 12.7. The molecule has 2 aromatic carbocycles. The number of ether oxygens (including phenoxy) is 1. The second-order valence-corrected chi connectivity index (χ2v) is 6.72. The van der Waals surface area contributed by atoms with Crippen molar-refractivity contribution in [1.82, 2.24) is 5.32 Å². The van der Waals surface area contributed by atoms with Crippen molar-refractivity contribution in [2.24, 2.45) is 0 Å². The van der Waals surface area contributed by atoms with Gasteiger partial charge in [0.2, 0.25) is 0 Å². The zero-order valence-corrected chi connectivity index (χ0v) is 15.0. The van der Waals surface area contributed by atoms with Crippen molar-refractivity contribution in [2.45, 2.75) is 36.8 Å². The summed E-state index contributed by atoms with van der Waals surface area (Å²) in [6.07, 6.45) is -6.69. The van der Waals surface area contributed by atoms with Gasteiger partial charge in [-0.05, 0) is 36.2 Å². The summed E-state index contributed by atoms with van der Waals surface area (Å²) in [6, 6.07) is 10.2. The average molecular weight is 395 g/mol. The molecule has 8 heteroatoms. The predicted molar refractivity (Wildman–Crippen MR) is 95.1 cm³/mol. The fourth-order valence-electron chi connectivity index (χ4n) is 3.53. The van der Waals surface area contributed by atoms with Crippen molar-refractivity contribution in [1.29, 1.82) is 0 Å². The molecule has 0 aromatic heterocycles. The van der Waals surface area contributed by atoms with Gasteiger partial charge >= 0.3 is 6.18 Å². The third-order valence-corrected chi connectivity index (χ3v) is 5.01. The molecule has 1 fully saturated rings. The maximum atomic E-state index is 12.8. The zero-order chi connectivity index (χ0) is 20.5. The van der Waals surface area contributed by atoms with Gasteiger partial charge in [0.1, 0.15) is 11.9 Å². The highest BCUT2D eigenvalue weighted by Gasteiger charge is 2.43. The number of para-hydroxylation sites is 1. The van der Waals surface area contributed by atoms with E-state index in [-0.39, 0.29) is 12.0 Å². The molecule has 28 heavy (non-hydrogen) atoms. The van der Waals surface area contributed by atoms with Crippen LogP contribution in [-0.2, 0) is 6.18 Å². The Kier molecular flexibility index (Phi) is 5.62. The predicted octanol–water partition coefficient (Wildman–Crippen LogP) is 2.72. The second kappa shape index (κ2) is 7.81. The molecule has 3 rings (SSSR count). The van der Waals surface area contributed by atoms with Gasteiger partial charge in [-0.3, -0.25) is 4.79 Å². The lowest BCUT2D eigenvalue weighted by molar-refractivity contribution is -0.137. The van der Waals surface area contributed by atoms with Crippen LogP contribution in [0.25, 0.3) is 0 Å². The fourth-order valence-corrected chi connectivity index (χ4v) is 3.53. The van der Waals surface area contributed by atoms with Crippen LogP contribution in [-0.4, -0.2) is 41.5 Å². The minimum Gasteiger partial charge on any atom is -0.496 e. The number of rotatable bonds is 4. The molecule has 1 saturated carbocycles. The largest absolute Gasteiger partial charge is 0.496 e. The van der Waals surface area contributed by atoms with E-state index in [2.05, 4.69) is 5.32 Å². The van der Waals surface area contributed by atoms with E-state index in [1.165, 1.54) is 19.2 Å². The number of aliphatic hydroxyl groups is 2. The normalized spacial score (nSPS) is 24.8. The molecule has 4 atom stereocenters. The average Bonchev–Trinajstić information content (AvgIpc) is 2.95. The van der Waals surface area contributed by atoms with Gasteiger partial charge < -0.3 is 20.3 Å². The van der Waals surface area contributed by atoms with E-state index in [4.69, 9.17) is 4.74 Å². The van der Waals surface area contributed by atoms with Crippen LogP contribution >= 0.6 is 0 Å². The molecule has 0 heterocycles. The summed E-state index contributed by atoms with van der Waals surface area (Å²) in [5.74, 6) is -0.697. The van der Waals surface area contributed by atoms with Gasteiger partial charge in [0.25, 0.3) is 5.91 Å². The van der Waals surface area contributed by atoms with Gasteiger partial charge in [0, 0.05) is 5.92 Å². The Morgan fingerprint density at radius 2 is 1.75 bits per heavy atom. The molecule has 150 valence electrons. The van der Waals surface area contributed by atoms with E-state index in [0.717, 1.165) is 12.1 Å². The maximum Gasteiger partial charge on any atom is 0.416 e. The Bertz CT molecular complexity index is 838. The van der Waals surface area contributed by atoms with Gasteiger partial charge in [0.15, 0.2) is 0 Å². The number of carbonyl (C=O) groups is 1. The molecule has 0 radical (unpaired) electrons. The van der Waals surface area contributed by atoms with Crippen LogP contribution in [0.4, 0.5) is 13.2 Å². The Morgan fingerprint density at radius 1 is 1.11 bits per heavy atom. The number of halogens is 3. The van der Waals surface area contributed by atoms with E-state index in [1.54, 1.807) is 24.3 Å². The number of alkyl halides is 3. The Labute approximate surface area is 159 Å². The number of hydrogen-bond acceptors (Lipinski definition) is 4. The van der Waals surface area contributed by atoms with Gasteiger partial charge in [-0.25, -0.2) is 0 Å².